The molecule has 0 spiro atoms. The van der Waals surface area contributed by atoms with Gasteiger partial charge < -0.3 is 43.5 Å². The molecule has 1 aliphatic heterocycles. The normalized spacial score (nSPS) is 16.6. The quantitative estimate of drug-likeness (QED) is 0.0963. The van der Waals surface area contributed by atoms with Gasteiger partial charge in [-0.2, -0.15) is 0 Å². The largest absolute Gasteiger partial charge is 1.00 e. The molecule has 1 aromatic rings. The smallest absolute Gasteiger partial charge is 0.407 e. The number of pyridine rings is 1. The minimum absolute atomic E-state index is 0. The van der Waals surface area contributed by atoms with Crippen LogP contribution in [0.3, 0.4) is 0 Å². The van der Waals surface area contributed by atoms with Crippen LogP contribution in [-0.4, -0.2) is 38.6 Å². The Hall–Kier alpha value is -0.930. The third kappa shape index (κ3) is 19.2. The monoisotopic (exact) mass is 674 g/mol. The number of carbonyl (C=O) groups excluding carboxylic acids is 1. The summed E-state index contributed by atoms with van der Waals surface area (Å²) in [6, 6.07) is 4.02. The van der Waals surface area contributed by atoms with Crippen LogP contribution in [0.15, 0.2) is 24.5 Å². The standard InChI is InChI=1S/C33H58N2O4.HI/c1-3-5-6-7-8-9-10-11-12-13-14-15-16-17-18-19-24-37-27-31-25-32(38-28-31)29-39-33(36)34-26-30-20-22-35(4-2)23-21-30;/h20-23,31-32H,3-19,24-29H2,1-2H3;1H/t31-,32-;/m0./s1. The molecule has 6 nitrogen and oxygen atoms in total. The van der Waals surface area contributed by atoms with Gasteiger partial charge in [0.1, 0.15) is 13.2 Å². The fourth-order valence-electron chi connectivity index (χ4n) is 5.23. The van der Waals surface area contributed by atoms with Crippen LogP contribution in [0.2, 0.25) is 0 Å². The maximum absolute atomic E-state index is 12.0. The molecule has 1 amide bonds. The lowest BCUT2D eigenvalue weighted by atomic mass is 10.0. The van der Waals surface area contributed by atoms with Gasteiger partial charge in [-0.3, -0.25) is 0 Å². The number of ether oxygens (including phenoxy) is 3. The fourth-order valence-corrected chi connectivity index (χ4v) is 5.23. The van der Waals surface area contributed by atoms with Gasteiger partial charge in [0.15, 0.2) is 12.4 Å². The van der Waals surface area contributed by atoms with Crippen molar-refractivity contribution < 1.29 is 47.5 Å². The number of carbonyl (C=O) groups is 1. The van der Waals surface area contributed by atoms with Crippen molar-refractivity contribution in [2.24, 2.45) is 5.92 Å². The molecule has 1 aliphatic rings. The highest BCUT2D eigenvalue weighted by atomic mass is 127. The van der Waals surface area contributed by atoms with E-state index in [1.165, 1.54) is 96.3 Å². The second-order valence-electron chi connectivity index (χ2n) is 11.4. The first-order valence-corrected chi connectivity index (χ1v) is 16.3. The van der Waals surface area contributed by atoms with Crippen molar-refractivity contribution in [3.63, 3.8) is 0 Å². The van der Waals surface area contributed by atoms with Gasteiger partial charge in [0, 0.05) is 31.2 Å². The van der Waals surface area contributed by atoms with E-state index in [-0.39, 0.29) is 30.1 Å². The van der Waals surface area contributed by atoms with Gasteiger partial charge in [-0.25, -0.2) is 9.36 Å². The van der Waals surface area contributed by atoms with Crippen molar-refractivity contribution in [1.29, 1.82) is 0 Å². The average molecular weight is 675 g/mol. The highest BCUT2D eigenvalue weighted by Gasteiger charge is 2.26. The van der Waals surface area contributed by atoms with Gasteiger partial charge in [-0.05, 0) is 25.3 Å². The number of hydrogen-bond donors (Lipinski definition) is 1. The van der Waals surface area contributed by atoms with E-state index in [1.54, 1.807) is 0 Å². The number of unbranched alkanes of at least 4 members (excludes halogenated alkanes) is 15. The SMILES string of the molecule is CCCCCCCCCCCCCCCCCCOC[C@H]1CO[C@H](COC(=O)NCc2cc[n+](CC)cc2)C1.[I-]. The zero-order valence-corrected chi connectivity index (χ0v) is 27.8. The molecule has 0 saturated carbocycles. The van der Waals surface area contributed by atoms with Crippen molar-refractivity contribution >= 4 is 6.09 Å². The summed E-state index contributed by atoms with van der Waals surface area (Å²) >= 11 is 0. The number of aryl methyl sites for hydroxylation is 1. The van der Waals surface area contributed by atoms with Crippen molar-refractivity contribution in [2.75, 3.05) is 26.4 Å². The second kappa shape index (κ2) is 25.8. The van der Waals surface area contributed by atoms with Crippen LogP contribution in [0.25, 0.3) is 0 Å². The molecule has 7 heteroatoms. The number of aromatic nitrogens is 1. The molecular weight excluding hydrogens is 615 g/mol. The van der Waals surface area contributed by atoms with E-state index in [4.69, 9.17) is 14.2 Å². The predicted octanol–water partition coefficient (Wildman–Crippen LogP) is 4.91. The maximum atomic E-state index is 12.0. The van der Waals surface area contributed by atoms with Crippen LogP contribution in [-0.2, 0) is 27.3 Å². The number of nitrogens with one attached hydrogen (secondary N) is 1. The molecule has 40 heavy (non-hydrogen) atoms. The highest BCUT2D eigenvalue weighted by molar-refractivity contribution is 5.67. The van der Waals surface area contributed by atoms with Crippen LogP contribution < -0.4 is 33.9 Å². The van der Waals surface area contributed by atoms with Crippen molar-refractivity contribution in [2.45, 2.75) is 142 Å². The van der Waals surface area contributed by atoms with Gasteiger partial charge in [-0.15, -0.1) is 0 Å². The van der Waals surface area contributed by atoms with Gasteiger partial charge in [0.25, 0.3) is 0 Å². The molecular formula is C33H59IN2O4. The van der Waals surface area contributed by atoms with Gasteiger partial charge in [0.05, 0.1) is 19.3 Å². The molecule has 1 saturated heterocycles. The Labute approximate surface area is 262 Å². The lowest BCUT2D eigenvalue weighted by Crippen LogP contribution is -3.00. The zero-order chi connectivity index (χ0) is 27.8. The molecule has 1 aromatic heterocycles. The number of hydrogen-bond acceptors (Lipinski definition) is 4. The van der Waals surface area contributed by atoms with E-state index in [1.807, 2.05) is 24.5 Å². The molecule has 0 bridgehead atoms. The Balaban J connectivity index is 0.00000800. The molecule has 2 rings (SSSR count). The predicted molar refractivity (Wildman–Crippen MR) is 159 cm³/mol. The maximum Gasteiger partial charge on any atom is 0.407 e. The number of nitrogens with zero attached hydrogens (tertiary/aromatic N) is 1. The van der Waals surface area contributed by atoms with Crippen LogP contribution in [0, 0.1) is 5.92 Å². The first kappa shape index (κ1) is 37.1. The van der Waals surface area contributed by atoms with E-state index < -0.39 is 6.09 Å². The molecule has 1 fully saturated rings. The number of rotatable bonds is 24. The Kier molecular flexibility index (Phi) is 23.9. The summed E-state index contributed by atoms with van der Waals surface area (Å²) in [5.74, 6) is 0.400. The summed E-state index contributed by atoms with van der Waals surface area (Å²) in [5, 5.41) is 2.81. The summed E-state index contributed by atoms with van der Waals surface area (Å²) in [6.45, 7) is 8.36. The first-order valence-electron chi connectivity index (χ1n) is 16.3. The van der Waals surface area contributed by atoms with E-state index in [0.29, 0.717) is 25.7 Å². The molecule has 2 atom stereocenters. The minimum Gasteiger partial charge on any atom is -1.00 e. The summed E-state index contributed by atoms with van der Waals surface area (Å²) in [6.07, 6.45) is 26.7. The number of amides is 1. The Morgan fingerprint density at radius 1 is 0.850 bits per heavy atom. The fraction of sp³-hybridized carbons (Fsp3) is 0.818. The van der Waals surface area contributed by atoms with Crippen LogP contribution in [0.4, 0.5) is 4.79 Å². The third-order valence-corrected chi connectivity index (χ3v) is 7.82. The molecule has 232 valence electrons. The highest BCUT2D eigenvalue weighted by Crippen LogP contribution is 2.20. The average Bonchev–Trinajstić information content (AvgIpc) is 3.42. The van der Waals surface area contributed by atoms with E-state index in [2.05, 4.69) is 23.7 Å². The zero-order valence-electron chi connectivity index (χ0n) is 25.7. The topological polar surface area (TPSA) is 60.7 Å². The van der Waals surface area contributed by atoms with Crippen molar-refractivity contribution in [3.8, 4) is 0 Å². The van der Waals surface area contributed by atoms with Gasteiger partial charge in [-0.1, -0.05) is 103 Å². The Bertz CT molecular complexity index is 719. The van der Waals surface area contributed by atoms with Crippen LogP contribution in [0.1, 0.15) is 129 Å². The molecule has 0 unspecified atom stereocenters. The van der Waals surface area contributed by atoms with E-state index in [9.17, 15) is 4.79 Å². The molecule has 0 radical (unpaired) electrons. The lowest BCUT2D eigenvalue weighted by Gasteiger charge is -2.11. The molecule has 2 heterocycles. The second-order valence-corrected chi connectivity index (χ2v) is 11.4. The van der Waals surface area contributed by atoms with Crippen LogP contribution >= 0.6 is 0 Å². The van der Waals surface area contributed by atoms with Crippen molar-refractivity contribution in [1.82, 2.24) is 5.32 Å². The number of alkyl carbamates (subject to hydrolysis) is 1. The summed E-state index contributed by atoms with van der Waals surface area (Å²) < 4.78 is 19.2. The summed E-state index contributed by atoms with van der Waals surface area (Å²) in [5.41, 5.74) is 1.05. The van der Waals surface area contributed by atoms with Gasteiger partial charge >= 0.3 is 6.09 Å². The number of halogens is 1. The van der Waals surface area contributed by atoms with Crippen molar-refractivity contribution in [3.05, 3.63) is 30.1 Å². The summed E-state index contributed by atoms with van der Waals surface area (Å²) in [7, 11) is 0. The van der Waals surface area contributed by atoms with E-state index in [0.717, 1.165) is 38.2 Å². The molecule has 1 N–H and O–H groups in total. The molecule has 0 aliphatic carbocycles. The third-order valence-electron chi connectivity index (χ3n) is 7.82. The minimum atomic E-state index is -0.394. The van der Waals surface area contributed by atoms with Crippen LogP contribution in [0.5, 0.6) is 0 Å². The Morgan fingerprint density at radius 2 is 1.40 bits per heavy atom. The first-order chi connectivity index (χ1) is 19.2. The Morgan fingerprint density at radius 3 is 1.95 bits per heavy atom. The lowest BCUT2D eigenvalue weighted by molar-refractivity contribution is -0.693. The molecule has 0 aromatic carbocycles. The van der Waals surface area contributed by atoms with Gasteiger partial charge in [0.2, 0.25) is 0 Å². The van der Waals surface area contributed by atoms with E-state index >= 15 is 0 Å². The summed E-state index contributed by atoms with van der Waals surface area (Å²) in [4.78, 5) is 12.0.